The fourth-order valence-electron chi connectivity index (χ4n) is 2.36. The Kier molecular flexibility index (Phi) is 5.18. The number of sulfonamides is 2. The quantitative estimate of drug-likeness (QED) is 0.568. The highest BCUT2D eigenvalue weighted by Crippen LogP contribution is 2.35. The molecule has 9 heteroatoms. The number of carbonyl (C=O) groups is 1. The minimum atomic E-state index is -4.43. The number of thiophene rings is 1. The molecule has 0 N–H and O–H groups in total. The number of rotatable bonds is 6. The molecule has 1 heterocycles. The zero-order valence-electron chi connectivity index (χ0n) is 14.1. The molecule has 0 amide bonds. The summed E-state index contributed by atoms with van der Waals surface area (Å²) in [6.45, 7) is 1.33. The Balaban J connectivity index is 2.26. The van der Waals surface area contributed by atoms with Crippen LogP contribution in [-0.4, -0.2) is 22.6 Å². The number of carbonyl (C=O) groups excluding carboxylic acids is 1. The lowest BCUT2D eigenvalue weighted by molar-refractivity contribution is 0.102. The standard InChI is InChI=1S/C18H15NO5S3/c1-14(20)17-12-13-18(25-17)19(26(21,22)15-8-4-2-5-9-15)27(23,24)16-10-6-3-7-11-16/h2-13H,1H3. The lowest BCUT2D eigenvalue weighted by Crippen LogP contribution is -2.36. The molecule has 0 spiro atoms. The zero-order valence-corrected chi connectivity index (χ0v) is 16.6. The molecule has 1 aromatic heterocycles. The lowest BCUT2D eigenvalue weighted by atomic mass is 10.4. The Morgan fingerprint density at radius 3 is 1.56 bits per heavy atom. The molecule has 0 aliphatic heterocycles. The molecule has 140 valence electrons. The van der Waals surface area contributed by atoms with Crippen LogP contribution in [0.4, 0.5) is 5.00 Å². The first-order valence-electron chi connectivity index (χ1n) is 7.76. The van der Waals surface area contributed by atoms with Crippen LogP contribution in [-0.2, 0) is 20.0 Å². The predicted molar refractivity (Wildman–Crippen MR) is 104 cm³/mol. The summed E-state index contributed by atoms with van der Waals surface area (Å²) < 4.78 is 53.2. The van der Waals surface area contributed by atoms with Gasteiger partial charge in [0.2, 0.25) is 0 Å². The topological polar surface area (TPSA) is 88.6 Å². The van der Waals surface area contributed by atoms with E-state index in [4.69, 9.17) is 0 Å². The summed E-state index contributed by atoms with van der Waals surface area (Å²) in [5.74, 6) is -0.277. The molecule has 6 nitrogen and oxygen atoms in total. The van der Waals surface area contributed by atoms with Gasteiger partial charge in [-0.05, 0) is 43.3 Å². The van der Waals surface area contributed by atoms with Gasteiger partial charge in [0.05, 0.1) is 14.7 Å². The van der Waals surface area contributed by atoms with E-state index in [9.17, 15) is 21.6 Å². The largest absolute Gasteiger partial charge is 0.294 e. The van der Waals surface area contributed by atoms with E-state index in [0.717, 1.165) is 11.3 Å². The van der Waals surface area contributed by atoms with Crippen LogP contribution in [0.3, 0.4) is 0 Å². The minimum absolute atomic E-state index is 0.0760. The lowest BCUT2D eigenvalue weighted by Gasteiger charge is -2.22. The number of benzene rings is 2. The molecule has 0 radical (unpaired) electrons. The molecule has 0 atom stereocenters. The fourth-order valence-corrected chi connectivity index (χ4v) is 7.42. The molecule has 27 heavy (non-hydrogen) atoms. The van der Waals surface area contributed by atoms with E-state index in [-0.39, 0.29) is 25.5 Å². The molecule has 3 rings (SSSR count). The summed E-state index contributed by atoms with van der Waals surface area (Å²) in [7, 11) is -8.86. The SMILES string of the molecule is CC(=O)c1ccc(N(S(=O)(=O)c2ccccc2)S(=O)(=O)c2ccccc2)s1. The number of ketones is 1. The van der Waals surface area contributed by atoms with Crippen molar-refractivity contribution >= 4 is 42.2 Å². The molecule has 0 aliphatic rings. The molecule has 0 bridgehead atoms. The number of hydrogen-bond donors (Lipinski definition) is 0. The van der Waals surface area contributed by atoms with Gasteiger partial charge in [0.15, 0.2) is 5.78 Å². The zero-order chi connectivity index (χ0) is 19.7. The first-order valence-corrected chi connectivity index (χ1v) is 11.5. The van der Waals surface area contributed by atoms with Gasteiger partial charge in [-0.2, -0.15) is 16.8 Å². The smallest absolute Gasteiger partial charge is 0.278 e. The first-order chi connectivity index (χ1) is 12.7. The van der Waals surface area contributed by atoms with Gasteiger partial charge in [-0.3, -0.25) is 4.79 Å². The highest BCUT2D eigenvalue weighted by Gasteiger charge is 2.38. The second kappa shape index (κ2) is 7.26. The average molecular weight is 422 g/mol. The third-order valence-electron chi connectivity index (χ3n) is 3.64. The Morgan fingerprint density at radius 1 is 0.741 bits per heavy atom. The maximum atomic E-state index is 13.2. The van der Waals surface area contributed by atoms with Crippen molar-refractivity contribution in [3.63, 3.8) is 0 Å². The second-order valence-electron chi connectivity index (χ2n) is 5.53. The van der Waals surface area contributed by atoms with Gasteiger partial charge in [0.25, 0.3) is 20.0 Å². The van der Waals surface area contributed by atoms with E-state index in [1.54, 1.807) is 12.1 Å². The van der Waals surface area contributed by atoms with Crippen molar-refractivity contribution in [2.24, 2.45) is 0 Å². The maximum absolute atomic E-state index is 13.2. The Morgan fingerprint density at radius 2 is 1.19 bits per heavy atom. The summed E-state index contributed by atoms with van der Waals surface area (Å²) in [6.07, 6.45) is 0. The van der Waals surface area contributed by atoms with Crippen LogP contribution in [0.15, 0.2) is 82.6 Å². The normalized spacial score (nSPS) is 11.9. The first kappa shape index (κ1) is 19.3. The van der Waals surface area contributed by atoms with Crippen LogP contribution >= 0.6 is 11.3 Å². The summed E-state index contributed by atoms with van der Waals surface area (Å²) in [6, 6.07) is 17.3. The second-order valence-corrected chi connectivity index (χ2v) is 10.4. The highest BCUT2D eigenvalue weighted by atomic mass is 32.3. The van der Waals surface area contributed by atoms with Gasteiger partial charge in [-0.15, -0.1) is 15.0 Å². The Hall–Kier alpha value is -2.49. The van der Waals surface area contributed by atoms with Crippen molar-refractivity contribution in [2.75, 3.05) is 3.71 Å². The summed E-state index contributed by atoms with van der Waals surface area (Å²) in [5, 5.41) is -0.0760. The van der Waals surface area contributed by atoms with Crippen LogP contribution < -0.4 is 3.71 Å². The van der Waals surface area contributed by atoms with Gasteiger partial charge in [0.1, 0.15) is 5.00 Å². The molecule has 3 aromatic rings. The highest BCUT2D eigenvalue weighted by molar-refractivity contribution is 8.10. The van der Waals surface area contributed by atoms with E-state index in [1.165, 1.54) is 67.6 Å². The monoisotopic (exact) mass is 421 g/mol. The van der Waals surface area contributed by atoms with Crippen molar-refractivity contribution < 1.29 is 21.6 Å². The van der Waals surface area contributed by atoms with Crippen LogP contribution in [0, 0.1) is 0 Å². The van der Waals surface area contributed by atoms with Crippen molar-refractivity contribution in [2.45, 2.75) is 16.7 Å². The van der Waals surface area contributed by atoms with Crippen molar-refractivity contribution in [1.82, 2.24) is 0 Å². The number of Topliss-reactive ketones (excluding diaryl/α,β-unsaturated/α-hetero) is 1. The van der Waals surface area contributed by atoms with Gasteiger partial charge < -0.3 is 0 Å². The molecule has 0 saturated carbocycles. The molecule has 0 fully saturated rings. The summed E-state index contributed by atoms with van der Waals surface area (Å²) in [4.78, 5) is 11.5. The average Bonchev–Trinajstić information content (AvgIpc) is 3.12. The third kappa shape index (κ3) is 3.66. The van der Waals surface area contributed by atoms with E-state index < -0.39 is 20.0 Å². The summed E-state index contributed by atoms with van der Waals surface area (Å²) >= 11 is 0.810. The number of anilines is 1. The van der Waals surface area contributed by atoms with E-state index >= 15 is 0 Å². The molecular formula is C18H15NO5S3. The molecule has 0 aliphatic carbocycles. The molecular weight excluding hydrogens is 406 g/mol. The van der Waals surface area contributed by atoms with Crippen LogP contribution in [0.25, 0.3) is 0 Å². The fraction of sp³-hybridized carbons (Fsp3) is 0.0556. The molecule has 0 saturated heterocycles. The van der Waals surface area contributed by atoms with Crippen molar-refractivity contribution in [1.29, 1.82) is 0 Å². The van der Waals surface area contributed by atoms with E-state index in [1.807, 2.05) is 0 Å². The number of hydrogen-bond acceptors (Lipinski definition) is 6. The Labute approximate surface area is 161 Å². The maximum Gasteiger partial charge on any atom is 0.278 e. The van der Waals surface area contributed by atoms with Crippen molar-refractivity contribution in [3.8, 4) is 0 Å². The van der Waals surface area contributed by atoms with Gasteiger partial charge >= 0.3 is 0 Å². The molecule has 0 unspecified atom stereocenters. The van der Waals surface area contributed by atoms with Gasteiger partial charge in [-0.1, -0.05) is 36.4 Å². The predicted octanol–water partition coefficient (Wildman–Crippen LogP) is 3.53. The Bertz CT molecular complexity index is 1100. The van der Waals surface area contributed by atoms with Crippen LogP contribution in [0.5, 0.6) is 0 Å². The number of nitrogens with zero attached hydrogens (tertiary/aromatic N) is 1. The summed E-state index contributed by atoms with van der Waals surface area (Å²) in [5.41, 5.74) is 0. The van der Waals surface area contributed by atoms with E-state index in [2.05, 4.69) is 0 Å². The van der Waals surface area contributed by atoms with Crippen molar-refractivity contribution in [3.05, 3.63) is 77.7 Å². The minimum Gasteiger partial charge on any atom is -0.294 e. The van der Waals surface area contributed by atoms with Crippen LogP contribution in [0.1, 0.15) is 16.6 Å². The third-order valence-corrected chi connectivity index (χ3v) is 9.22. The van der Waals surface area contributed by atoms with Gasteiger partial charge in [-0.25, -0.2) is 0 Å². The van der Waals surface area contributed by atoms with Crippen LogP contribution in [0.2, 0.25) is 0 Å². The van der Waals surface area contributed by atoms with E-state index in [0.29, 0.717) is 3.71 Å². The molecule has 2 aromatic carbocycles. The van der Waals surface area contributed by atoms with Gasteiger partial charge in [0, 0.05) is 0 Å².